The van der Waals surface area contributed by atoms with Crippen LogP contribution in [0.4, 0.5) is 15.3 Å². The van der Waals surface area contributed by atoms with E-state index in [4.69, 9.17) is 4.74 Å². The van der Waals surface area contributed by atoms with Crippen molar-refractivity contribution in [3.8, 4) is 0 Å². The normalized spacial score (nSPS) is 16.6. The van der Waals surface area contributed by atoms with Gasteiger partial charge in [0.1, 0.15) is 5.60 Å². The van der Waals surface area contributed by atoms with Crippen LogP contribution < -0.4 is 10.6 Å². The molecule has 0 saturated carbocycles. The number of fused-ring (bicyclic) bond motifs is 1. The lowest BCUT2D eigenvalue weighted by molar-refractivity contribution is -0.141. The quantitative estimate of drug-likeness (QED) is 0.544. The van der Waals surface area contributed by atoms with Crippen molar-refractivity contribution in [2.24, 2.45) is 10.5 Å². The Morgan fingerprint density at radius 2 is 1.79 bits per heavy atom. The molecule has 202 valence electrons. The largest absolute Gasteiger partial charge is 0.444 e. The number of hydrazone groups is 1. The first-order valence-electron chi connectivity index (χ1n) is 12.9. The summed E-state index contributed by atoms with van der Waals surface area (Å²) in [5.41, 5.74) is 3.38. The van der Waals surface area contributed by atoms with Crippen LogP contribution >= 0.6 is 0 Å². The number of benzene rings is 1. The fraction of sp³-hybridized carbons (Fsp3) is 0.464. The van der Waals surface area contributed by atoms with Crippen LogP contribution in [-0.4, -0.2) is 57.3 Å². The molecule has 2 N–H and O–H groups in total. The third-order valence-electron chi connectivity index (χ3n) is 6.36. The third kappa shape index (κ3) is 6.67. The lowest BCUT2D eigenvalue weighted by atomic mass is 9.82. The molecule has 3 heterocycles. The number of urea groups is 1. The molecule has 0 aliphatic carbocycles. The Kier molecular flexibility index (Phi) is 7.71. The summed E-state index contributed by atoms with van der Waals surface area (Å²) in [5.74, 6) is -0.0517. The van der Waals surface area contributed by atoms with Gasteiger partial charge in [-0.05, 0) is 62.1 Å². The summed E-state index contributed by atoms with van der Waals surface area (Å²) in [7, 11) is 0. The van der Waals surface area contributed by atoms with Crippen molar-refractivity contribution >= 4 is 29.4 Å². The molecular weight excluding hydrogens is 484 g/mol. The molecule has 2 aliphatic rings. The fourth-order valence-corrected chi connectivity index (χ4v) is 4.43. The standard InChI is InChI=1S/C28H36N6O4/c1-27(2,3)38-26(37)30-12-6-14-34-24(35)28(4,5)15-23(32-34)19-7-9-22(10-8-19)31-25(36)33-17-20-11-13-29-16-21(20)18-33/h7-11,13,16H,6,12,14-15,17-18H2,1-5H3,(H,30,37)(H,31,36). The summed E-state index contributed by atoms with van der Waals surface area (Å²) in [6.45, 7) is 11.1. The van der Waals surface area contributed by atoms with Crippen LogP contribution in [0.1, 0.15) is 64.2 Å². The molecule has 0 bridgehead atoms. The number of carbonyl (C=O) groups excluding carboxylic acids is 3. The first kappa shape index (κ1) is 27.1. The maximum atomic E-state index is 13.0. The number of aromatic nitrogens is 1. The van der Waals surface area contributed by atoms with Crippen molar-refractivity contribution in [3.05, 3.63) is 59.4 Å². The molecule has 0 fully saturated rings. The maximum absolute atomic E-state index is 13.0. The van der Waals surface area contributed by atoms with Gasteiger partial charge in [-0.2, -0.15) is 5.10 Å². The van der Waals surface area contributed by atoms with E-state index in [2.05, 4.69) is 20.7 Å². The Labute approximate surface area is 223 Å². The van der Waals surface area contributed by atoms with Crippen LogP contribution in [0, 0.1) is 5.41 Å². The number of nitrogens with one attached hydrogen (secondary N) is 2. The molecule has 0 radical (unpaired) electrons. The van der Waals surface area contributed by atoms with E-state index in [1.54, 1.807) is 17.3 Å². The molecule has 2 aliphatic heterocycles. The van der Waals surface area contributed by atoms with Gasteiger partial charge < -0.3 is 20.3 Å². The highest BCUT2D eigenvalue weighted by atomic mass is 16.6. The van der Waals surface area contributed by atoms with Crippen molar-refractivity contribution in [2.75, 3.05) is 18.4 Å². The number of amides is 4. The Hall–Kier alpha value is -3.95. The monoisotopic (exact) mass is 520 g/mol. The van der Waals surface area contributed by atoms with E-state index in [-0.39, 0.29) is 11.9 Å². The fourth-order valence-electron chi connectivity index (χ4n) is 4.43. The molecule has 1 aromatic heterocycles. The van der Waals surface area contributed by atoms with Gasteiger partial charge in [-0.3, -0.25) is 9.78 Å². The number of rotatable bonds is 6. The molecule has 0 spiro atoms. The molecule has 4 rings (SSSR count). The molecule has 10 heteroatoms. The number of ether oxygens (including phenoxy) is 1. The van der Waals surface area contributed by atoms with E-state index in [0.717, 1.165) is 22.4 Å². The van der Waals surface area contributed by atoms with Gasteiger partial charge in [-0.1, -0.05) is 26.0 Å². The van der Waals surface area contributed by atoms with E-state index in [1.807, 2.05) is 65.0 Å². The van der Waals surface area contributed by atoms with Crippen molar-refractivity contribution in [1.82, 2.24) is 20.2 Å². The van der Waals surface area contributed by atoms with Crippen molar-refractivity contribution < 1.29 is 19.1 Å². The van der Waals surface area contributed by atoms with Gasteiger partial charge in [0.15, 0.2) is 0 Å². The predicted molar refractivity (Wildman–Crippen MR) is 144 cm³/mol. The van der Waals surface area contributed by atoms with Gasteiger partial charge in [0, 0.05) is 50.7 Å². The van der Waals surface area contributed by atoms with Crippen LogP contribution in [0.15, 0.2) is 47.8 Å². The first-order valence-corrected chi connectivity index (χ1v) is 12.9. The highest BCUT2D eigenvalue weighted by Crippen LogP contribution is 2.31. The van der Waals surface area contributed by atoms with E-state index in [1.165, 1.54) is 5.01 Å². The van der Waals surface area contributed by atoms with Crippen LogP contribution in [0.2, 0.25) is 0 Å². The SMILES string of the molecule is CC(C)(C)OC(=O)NCCCN1N=C(c2ccc(NC(=O)N3Cc4ccncc4C3)cc2)CC(C)(C)C1=O. The molecule has 1 aromatic carbocycles. The molecule has 38 heavy (non-hydrogen) atoms. The Balaban J connectivity index is 1.35. The molecule has 0 atom stereocenters. The van der Waals surface area contributed by atoms with Crippen LogP contribution in [0.25, 0.3) is 0 Å². The number of hydrogen-bond acceptors (Lipinski definition) is 6. The van der Waals surface area contributed by atoms with Gasteiger partial charge in [0.05, 0.1) is 11.1 Å². The van der Waals surface area contributed by atoms with E-state index < -0.39 is 17.1 Å². The van der Waals surface area contributed by atoms with Crippen molar-refractivity contribution in [3.63, 3.8) is 0 Å². The number of anilines is 1. The molecule has 2 aromatic rings. The van der Waals surface area contributed by atoms with Gasteiger partial charge in [0.25, 0.3) is 0 Å². The second kappa shape index (κ2) is 10.8. The second-order valence-electron chi connectivity index (χ2n) is 11.3. The molecule has 4 amide bonds. The summed E-state index contributed by atoms with van der Waals surface area (Å²) in [6.07, 6.45) is 4.11. The summed E-state index contributed by atoms with van der Waals surface area (Å²) < 4.78 is 5.25. The topological polar surface area (TPSA) is 116 Å². The van der Waals surface area contributed by atoms with Crippen molar-refractivity contribution in [1.29, 1.82) is 0 Å². The Morgan fingerprint density at radius 1 is 1.08 bits per heavy atom. The van der Waals surface area contributed by atoms with Crippen LogP contribution in [0.3, 0.4) is 0 Å². The van der Waals surface area contributed by atoms with Gasteiger partial charge in [-0.15, -0.1) is 0 Å². The smallest absolute Gasteiger partial charge is 0.407 e. The van der Waals surface area contributed by atoms with E-state index in [0.29, 0.717) is 44.7 Å². The lowest BCUT2D eigenvalue weighted by Crippen LogP contribution is -2.45. The molecular formula is C28H36N6O4. The maximum Gasteiger partial charge on any atom is 0.407 e. The number of nitrogens with zero attached hydrogens (tertiary/aromatic N) is 4. The zero-order chi connectivity index (χ0) is 27.5. The average Bonchev–Trinajstić information content (AvgIpc) is 3.28. The minimum atomic E-state index is -0.609. The van der Waals surface area contributed by atoms with Gasteiger partial charge in [-0.25, -0.2) is 14.6 Å². The Morgan fingerprint density at radius 3 is 2.47 bits per heavy atom. The minimum Gasteiger partial charge on any atom is -0.444 e. The van der Waals surface area contributed by atoms with Gasteiger partial charge in [0.2, 0.25) is 5.91 Å². The summed E-state index contributed by atoms with van der Waals surface area (Å²) in [4.78, 5) is 43.5. The van der Waals surface area contributed by atoms with E-state index >= 15 is 0 Å². The number of hydrogen-bond donors (Lipinski definition) is 2. The number of carbonyl (C=O) groups is 3. The van der Waals surface area contributed by atoms with E-state index in [9.17, 15) is 14.4 Å². The summed E-state index contributed by atoms with van der Waals surface area (Å²) in [5, 5.41) is 11.8. The highest BCUT2D eigenvalue weighted by molar-refractivity contribution is 6.06. The summed E-state index contributed by atoms with van der Waals surface area (Å²) >= 11 is 0. The third-order valence-corrected chi connectivity index (χ3v) is 6.36. The predicted octanol–water partition coefficient (Wildman–Crippen LogP) is 4.51. The molecule has 0 saturated heterocycles. The summed E-state index contributed by atoms with van der Waals surface area (Å²) in [6, 6.07) is 9.28. The first-order chi connectivity index (χ1) is 17.9. The van der Waals surface area contributed by atoms with Crippen LogP contribution in [-0.2, 0) is 22.6 Å². The minimum absolute atomic E-state index is 0.0517. The number of pyridine rings is 1. The van der Waals surface area contributed by atoms with Crippen LogP contribution in [0.5, 0.6) is 0 Å². The zero-order valence-electron chi connectivity index (χ0n) is 22.7. The van der Waals surface area contributed by atoms with Crippen molar-refractivity contribution in [2.45, 2.75) is 66.2 Å². The number of alkyl carbamates (subject to hydrolysis) is 1. The molecule has 0 unspecified atom stereocenters. The lowest BCUT2D eigenvalue weighted by Gasteiger charge is -2.34. The molecule has 10 nitrogen and oxygen atoms in total. The Bertz CT molecular complexity index is 1210. The highest BCUT2D eigenvalue weighted by Gasteiger charge is 2.38. The van der Waals surface area contributed by atoms with Gasteiger partial charge >= 0.3 is 12.1 Å². The zero-order valence-corrected chi connectivity index (χ0v) is 22.7. The second-order valence-corrected chi connectivity index (χ2v) is 11.3. The average molecular weight is 521 g/mol.